The highest BCUT2D eigenvalue weighted by molar-refractivity contribution is 6.30. The maximum absolute atomic E-state index is 12.8. The maximum atomic E-state index is 12.8. The van der Waals surface area contributed by atoms with Crippen LogP contribution in [0.25, 0.3) is 0 Å². The number of hydrogen-bond acceptors (Lipinski definition) is 4. The van der Waals surface area contributed by atoms with Crippen molar-refractivity contribution in [3.05, 3.63) is 99.6 Å². The summed E-state index contributed by atoms with van der Waals surface area (Å²) in [6.07, 6.45) is 0. The average Bonchev–Trinajstić information content (AvgIpc) is 2.76. The lowest BCUT2D eigenvalue weighted by Gasteiger charge is -2.19. The normalized spacial score (nSPS) is 11.1. The fourth-order valence-corrected chi connectivity index (χ4v) is 3.36. The highest BCUT2D eigenvalue weighted by Crippen LogP contribution is 2.20. The summed E-state index contributed by atoms with van der Waals surface area (Å²) in [4.78, 5) is 25.1. The van der Waals surface area contributed by atoms with Gasteiger partial charge in [-0.2, -0.15) is 0 Å². The van der Waals surface area contributed by atoms with E-state index in [9.17, 15) is 9.59 Å². The Balaban J connectivity index is 1.64. The predicted molar refractivity (Wildman–Crippen MR) is 130 cm³/mol. The molecule has 0 fully saturated rings. The van der Waals surface area contributed by atoms with Crippen molar-refractivity contribution >= 4 is 23.5 Å². The average molecular weight is 466 g/mol. The van der Waals surface area contributed by atoms with Gasteiger partial charge in [0.1, 0.15) is 18.0 Å². The molecule has 3 aromatic carbocycles. The van der Waals surface area contributed by atoms with Crippen molar-refractivity contribution in [1.29, 1.82) is 0 Å². The Morgan fingerprint density at radius 1 is 0.939 bits per heavy atom. The van der Waals surface area contributed by atoms with Crippen LogP contribution >= 0.6 is 11.6 Å². The third kappa shape index (κ3) is 7.36. The van der Waals surface area contributed by atoms with Crippen LogP contribution in [-0.2, 0) is 17.9 Å². The van der Waals surface area contributed by atoms with Crippen molar-refractivity contribution in [2.75, 3.05) is 0 Å². The number of carbonyl (C=O) groups is 2. The molecule has 0 spiro atoms. The number of carbonyl (C=O) groups excluding carboxylic acids is 2. The number of ether oxygens (including phenoxy) is 2. The van der Waals surface area contributed by atoms with Crippen LogP contribution in [0, 0.1) is 6.92 Å². The summed E-state index contributed by atoms with van der Waals surface area (Å²) in [7, 11) is 0. The van der Waals surface area contributed by atoms with Gasteiger partial charge in [-0.05, 0) is 80.8 Å². The van der Waals surface area contributed by atoms with E-state index in [2.05, 4.69) is 5.32 Å². The first-order valence-electron chi connectivity index (χ1n) is 10.7. The molecule has 0 heterocycles. The molecular formula is C27H28ClNO4. The zero-order chi connectivity index (χ0) is 24.0. The Morgan fingerprint density at radius 3 is 2.39 bits per heavy atom. The van der Waals surface area contributed by atoms with Crippen LogP contribution < -0.4 is 10.1 Å². The van der Waals surface area contributed by atoms with E-state index in [0.717, 1.165) is 16.7 Å². The van der Waals surface area contributed by atoms with E-state index in [4.69, 9.17) is 21.1 Å². The highest BCUT2D eigenvalue weighted by atomic mass is 35.5. The fraction of sp³-hybridized carbons (Fsp3) is 0.259. The number of amides is 1. The van der Waals surface area contributed by atoms with E-state index in [-0.39, 0.29) is 12.5 Å². The first-order valence-corrected chi connectivity index (χ1v) is 11.1. The lowest BCUT2D eigenvalue weighted by atomic mass is 10.1. The molecule has 0 aliphatic heterocycles. The van der Waals surface area contributed by atoms with Crippen LogP contribution in [0.3, 0.4) is 0 Å². The zero-order valence-electron chi connectivity index (χ0n) is 19.3. The Hall–Kier alpha value is -3.31. The van der Waals surface area contributed by atoms with Gasteiger partial charge in [0.05, 0.1) is 5.56 Å². The largest absolute Gasteiger partial charge is 0.489 e. The molecule has 0 saturated heterocycles. The SMILES string of the molecule is Cc1ccc(OCc2cccc(Cl)c2)cc1C(=O)NCc1cccc(C(=O)OC(C)(C)C)c1. The Bertz CT molecular complexity index is 1150. The Labute approximate surface area is 199 Å². The second-order valence-electron chi connectivity index (χ2n) is 8.78. The van der Waals surface area contributed by atoms with Gasteiger partial charge in [-0.3, -0.25) is 4.79 Å². The standard InChI is InChI=1S/C27H28ClNO4/c1-18-11-12-23(32-17-20-8-6-10-22(28)14-20)15-24(18)25(30)29-16-19-7-5-9-21(13-19)26(31)33-27(2,3)4/h5-15H,16-17H2,1-4H3,(H,29,30). The zero-order valence-corrected chi connectivity index (χ0v) is 20.0. The van der Waals surface area contributed by atoms with Gasteiger partial charge in [0.2, 0.25) is 0 Å². The molecule has 0 radical (unpaired) electrons. The summed E-state index contributed by atoms with van der Waals surface area (Å²) >= 11 is 6.02. The lowest BCUT2D eigenvalue weighted by molar-refractivity contribution is 0.00693. The molecule has 1 amide bonds. The van der Waals surface area contributed by atoms with Gasteiger partial charge < -0.3 is 14.8 Å². The van der Waals surface area contributed by atoms with Gasteiger partial charge >= 0.3 is 5.97 Å². The van der Waals surface area contributed by atoms with Gasteiger partial charge in [0, 0.05) is 17.1 Å². The summed E-state index contributed by atoms with van der Waals surface area (Å²) in [5.74, 6) is -0.0166. The number of rotatable bonds is 7. The molecule has 0 atom stereocenters. The van der Waals surface area contributed by atoms with E-state index in [1.807, 2.05) is 70.2 Å². The van der Waals surface area contributed by atoms with Crippen LogP contribution in [0.1, 0.15) is 58.2 Å². The van der Waals surface area contributed by atoms with E-state index in [1.54, 1.807) is 24.3 Å². The molecule has 0 unspecified atom stereocenters. The number of aryl methyl sites for hydroxylation is 1. The number of nitrogens with one attached hydrogen (secondary N) is 1. The van der Waals surface area contributed by atoms with Gasteiger partial charge in [-0.15, -0.1) is 0 Å². The fourth-order valence-electron chi connectivity index (χ4n) is 3.15. The summed E-state index contributed by atoms with van der Waals surface area (Å²) in [5, 5.41) is 3.56. The summed E-state index contributed by atoms with van der Waals surface area (Å²) < 4.78 is 11.3. The van der Waals surface area contributed by atoms with Crippen LogP contribution in [0.5, 0.6) is 5.75 Å². The topological polar surface area (TPSA) is 64.6 Å². The molecule has 0 aliphatic rings. The van der Waals surface area contributed by atoms with E-state index >= 15 is 0 Å². The second kappa shape index (κ2) is 10.5. The Morgan fingerprint density at radius 2 is 1.67 bits per heavy atom. The van der Waals surface area contributed by atoms with E-state index in [1.165, 1.54) is 0 Å². The lowest BCUT2D eigenvalue weighted by Crippen LogP contribution is -2.25. The van der Waals surface area contributed by atoms with Crippen molar-refractivity contribution in [3.63, 3.8) is 0 Å². The molecule has 172 valence electrons. The molecule has 0 aliphatic carbocycles. The van der Waals surface area contributed by atoms with Crippen LogP contribution in [0.15, 0.2) is 66.7 Å². The minimum Gasteiger partial charge on any atom is -0.489 e. The van der Waals surface area contributed by atoms with Crippen LogP contribution in [0.2, 0.25) is 5.02 Å². The highest BCUT2D eigenvalue weighted by Gasteiger charge is 2.18. The van der Waals surface area contributed by atoms with Crippen LogP contribution in [-0.4, -0.2) is 17.5 Å². The first kappa shape index (κ1) is 24.3. The molecule has 0 bridgehead atoms. The number of benzene rings is 3. The summed E-state index contributed by atoms with van der Waals surface area (Å²) in [6.45, 7) is 7.97. The minimum absolute atomic E-state index is 0.219. The van der Waals surface area contributed by atoms with Gasteiger partial charge in [0.25, 0.3) is 5.91 Å². The summed E-state index contributed by atoms with van der Waals surface area (Å²) in [6, 6.07) is 19.9. The minimum atomic E-state index is -0.571. The summed E-state index contributed by atoms with van der Waals surface area (Å²) in [5.41, 5.74) is 2.99. The van der Waals surface area contributed by atoms with E-state index < -0.39 is 11.6 Å². The van der Waals surface area contributed by atoms with Crippen molar-refractivity contribution < 1.29 is 19.1 Å². The third-order valence-electron chi connectivity index (χ3n) is 4.76. The molecule has 5 nitrogen and oxygen atoms in total. The molecule has 6 heteroatoms. The van der Waals surface area contributed by atoms with Gasteiger partial charge in [-0.1, -0.05) is 41.9 Å². The van der Waals surface area contributed by atoms with Crippen LogP contribution in [0.4, 0.5) is 0 Å². The molecule has 3 rings (SSSR count). The first-order chi connectivity index (χ1) is 15.6. The number of halogens is 1. The molecule has 0 aromatic heterocycles. The smallest absolute Gasteiger partial charge is 0.338 e. The molecule has 1 N–H and O–H groups in total. The van der Waals surface area contributed by atoms with E-state index in [0.29, 0.717) is 28.5 Å². The molecule has 3 aromatic rings. The maximum Gasteiger partial charge on any atom is 0.338 e. The Kier molecular flexibility index (Phi) is 7.77. The van der Waals surface area contributed by atoms with Gasteiger partial charge in [-0.25, -0.2) is 4.79 Å². The number of hydrogen-bond donors (Lipinski definition) is 1. The predicted octanol–water partition coefficient (Wildman–Crippen LogP) is 6.11. The second-order valence-corrected chi connectivity index (χ2v) is 9.22. The third-order valence-corrected chi connectivity index (χ3v) is 5.00. The molecule has 33 heavy (non-hydrogen) atoms. The molecular weight excluding hydrogens is 438 g/mol. The monoisotopic (exact) mass is 465 g/mol. The van der Waals surface area contributed by atoms with Gasteiger partial charge in [0.15, 0.2) is 0 Å². The number of esters is 1. The molecule has 0 saturated carbocycles. The van der Waals surface area contributed by atoms with Crippen molar-refractivity contribution in [2.45, 2.75) is 46.4 Å². The van der Waals surface area contributed by atoms with Crippen molar-refractivity contribution in [3.8, 4) is 5.75 Å². The van der Waals surface area contributed by atoms with Crippen molar-refractivity contribution in [1.82, 2.24) is 5.32 Å². The quantitative estimate of drug-likeness (QED) is 0.427. The van der Waals surface area contributed by atoms with Crippen molar-refractivity contribution in [2.24, 2.45) is 0 Å².